The van der Waals surface area contributed by atoms with Gasteiger partial charge in [0.1, 0.15) is 19.6 Å². The van der Waals surface area contributed by atoms with Crippen LogP contribution in [0.15, 0.2) is 232 Å². The van der Waals surface area contributed by atoms with E-state index in [0.29, 0.717) is 0 Å². The smallest absolute Gasteiger partial charge is 0.138 e. The first kappa shape index (κ1) is 41.3. The molecule has 8 heteroatoms. The van der Waals surface area contributed by atoms with Crippen molar-refractivity contribution in [1.29, 1.82) is 0 Å². The fourth-order valence-corrected chi connectivity index (χ4v) is 11.2. The third-order valence-electron chi connectivity index (χ3n) is 12.7. The second-order valence-electron chi connectivity index (χ2n) is 16.6. The molecule has 5 nitrogen and oxygen atoms in total. The van der Waals surface area contributed by atoms with Crippen molar-refractivity contribution >= 4 is 113 Å². The minimum absolute atomic E-state index is 0.827. The third-order valence-corrected chi connectivity index (χ3v) is 14.1. The van der Waals surface area contributed by atoms with Crippen LogP contribution in [0.1, 0.15) is 11.1 Å². The van der Waals surface area contributed by atoms with Gasteiger partial charge in [-0.1, -0.05) is 133 Å². The zero-order valence-corrected chi connectivity index (χ0v) is 40.6. The predicted molar refractivity (Wildman–Crippen MR) is 289 cm³/mol. The molecule has 8 aromatic carbocycles. The summed E-state index contributed by atoms with van der Waals surface area (Å²) in [5.41, 5.74) is 15.3. The summed E-state index contributed by atoms with van der Waals surface area (Å²) in [4.78, 5) is 8.75. The number of benzene rings is 8. The summed E-state index contributed by atoms with van der Waals surface area (Å²) in [6.07, 6.45) is 1.04. The summed E-state index contributed by atoms with van der Waals surface area (Å²) >= 11 is 9.97. The molecule has 320 valence electrons. The fraction of sp³-hybridized carbons (Fsp3) is 0.0169. The Morgan fingerprint density at radius 1 is 0.299 bits per heavy atom. The SMILES string of the molecule is Brc1cccc(-n2c3ccccc3c3cc(-n4c5ccccc5c5ccccc54)ccc32)n1.Brc1cccc(Br)n1.c1ccc2c(c1)Cc1ccc(-n3c4ccccc4c4ccccc43)cc1-2. The van der Waals surface area contributed by atoms with Gasteiger partial charge in [-0.3, -0.25) is 4.57 Å². The molecule has 1 aliphatic rings. The minimum atomic E-state index is 0.827. The van der Waals surface area contributed by atoms with Crippen molar-refractivity contribution in [2.24, 2.45) is 0 Å². The van der Waals surface area contributed by atoms with Gasteiger partial charge in [-0.25, -0.2) is 9.97 Å². The van der Waals surface area contributed by atoms with Crippen molar-refractivity contribution in [2.75, 3.05) is 0 Å². The maximum atomic E-state index is 4.74. The second-order valence-corrected chi connectivity index (χ2v) is 19.0. The molecule has 0 saturated heterocycles. The van der Waals surface area contributed by atoms with E-state index in [9.17, 15) is 0 Å². The Morgan fingerprint density at radius 3 is 1.22 bits per heavy atom. The molecule has 14 rings (SSSR count). The van der Waals surface area contributed by atoms with Crippen LogP contribution in [-0.2, 0) is 6.42 Å². The van der Waals surface area contributed by atoms with Gasteiger partial charge >= 0.3 is 0 Å². The quantitative estimate of drug-likeness (QED) is 0.165. The zero-order chi connectivity index (χ0) is 45.0. The highest BCUT2D eigenvalue weighted by Crippen LogP contribution is 2.40. The van der Waals surface area contributed by atoms with Crippen molar-refractivity contribution in [3.8, 4) is 28.3 Å². The molecule has 0 unspecified atom stereocenters. The average Bonchev–Trinajstić information content (AvgIpc) is 4.10. The van der Waals surface area contributed by atoms with Crippen molar-refractivity contribution in [2.45, 2.75) is 6.42 Å². The molecule has 0 radical (unpaired) electrons. The van der Waals surface area contributed by atoms with Gasteiger partial charge in [-0.15, -0.1) is 0 Å². The third kappa shape index (κ3) is 7.37. The van der Waals surface area contributed by atoms with Crippen LogP contribution in [0.3, 0.4) is 0 Å². The number of hydrogen-bond donors (Lipinski definition) is 0. The standard InChI is InChI=1S/C29H18BrN3.C25H17N.C5H3Br2N/c30-28-14-7-15-29(31-28)33-26-13-6-3-10-22(26)23-18-19(16-17-27(23)33)32-24-11-4-1-8-20(24)21-9-2-5-12-25(21)32;1-2-8-20-17(7-1)15-18-13-14-19(16-23(18)20)26-24-11-5-3-9-21(24)22-10-4-6-12-25(22)26;6-4-2-1-3-5(7)8-4/h1-18H;1-14,16H,15H2;1-3H. The van der Waals surface area contributed by atoms with Crippen LogP contribution in [0.4, 0.5) is 0 Å². The topological polar surface area (TPSA) is 40.6 Å². The normalized spacial score (nSPS) is 11.7. The fourth-order valence-electron chi connectivity index (χ4n) is 9.90. The van der Waals surface area contributed by atoms with Gasteiger partial charge in [0.05, 0.1) is 33.1 Å². The summed E-state index contributed by atoms with van der Waals surface area (Å²) in [7, 11) is 0. The number of nitrogens with zero attached hydrogens (tertiary/aromatic N) is 5. The molecule has 0 atom stereocenters. The Morgan fingerprint density at radius 2 is 0.701 bits per heavy atom. The van der Waals surface area contributed by atoms with E-state index in [1.54, 1.807) is 0 Å². The van der Waals surface area contributed by atoms with E-state index >= 15 is 0 Å². The van der Waals surface area contributed by atoms with E-state index in [1.807, 2.05) is 30.3 Å². The highest BCUT2D eigenvalue weighted by Gasteiger charge is 2.20. The lowest BCUT2D eigenvalue weighted by Gasteiger charge is -2.10. The molecule has 0 aliphatic heterocycles. The maximum absolute atomic E-state index is 4.74. The number of rotatable bonds is 3. The molecule has 5 heterocycles. The molecular weight excluding hydrogens is 1020 g/mol. The first-order chi connectivity index (χ1) is 33.0. The summed E-state index contributed by atoms with van der Waals surface area (Å²) in [6, 6.07) is 77.3. The molecule has 5 aromatic heterocycles. The zero-order valence-electron chi connectivity index (χ0n) is 35.9. The molecule has 0 N–H and O–H groups in total. The van der Waals surface area contributed by atoms with Gasteiger partial charge in [0, 0.05) is 43.7 Å². The molecule has 0 bridgehead atoms. The number of halogens is 3. The lowest BCUT2D eigenvalue weighted by Crippen LogP contribution is -1.98. The van der Waals surface area contributed by atoms with Gasteiger partial charge in [-0.2, -0.15) is 0 Å². The largest absolute Gasteiger partial charge is 0.309 e. The van der Waals surface area contributed by atoms with Crippen LogP contribution >= 0.6 is 47.8 Å². The lowest BCUT2D eigenvalue weighted by molar-refractivity contribution is 1.06. The summed E-state index contributed by atoms with van der Waals surface area (Å²) in [5, 5.41) is 7.60. The van der Waals surface area contributed by atoms with Gasteiger partial charge < -0.3 is 9.13 Å². The summed E-state index contributed by atoms with van der Waals surface area (Å²) in [6.45, 7) is 0. The number of hydrogen-bond acceptors (Lipinski definition) is 2. The van der Waals surface area contributed by atoms with Crippen LogP contribution in [0.5, 0.6) is 0 Å². The number of para-hydroxylation sites is 5. The van der Waals surface area contributed by atoms with Gasteiger partial charge in [0.15, 0.2) is 0 Å². The molecule has 0 fully saturated rings. The van der Waals surface area contributed by atoms with Crippen LogP contribution < -0.4 is 0 Å². The lowest BCUT2D eigenvalue weighted by atomic mass is 10.1. The van der Waals surface area contributed by atoms with Crippen LogP contribution in [-0.4, -0.2) is 23.7 Å². The Bertz CT molecular complexity index is 3910. The molecule has 0 amide bonds. The van der Waals surface area contributed by atoms with Crippen molar-refractivity contribution in [1.82, 2.24) is 23.7 Å². The minimum Gasteiger partial charge on any atom is -0.309 e. The Kier molecular flexibility index (Phi) is 10.7. The Hall–Kier alpha value is -7.10. The molecule has 1 aliphatic carbocycles. The molecule has 0 spiro atoms. The Labute approximate surface area is 412 Å². The molecular formula is C59H38Br3N5. The van der Waals surface area contributed by atoms with E-state index < -0.39 is 0 Å². The predicted octanol–water partition coefficient (Wildman–Crippen LogP) is 17.0. The van der Waals surface area contributed by atoms with Crippen molar-refractivity contribution in [3.05, 3.63) is 243 Å². The van der Waals surface area contributed by atoms with Gasteiger partial charge in [0.2, 0.25) is 0 Å². The maximum Gasteiger partial charge on any atom is 0.138 e. The second kappa shape index (κ2) is 17.3. The summed E-state index contributed by atoms with van der Waals surface area (Å²) < 4.78 is 9.54. The summed E-state index contributed by atoms with van der Waals surface area (Å²) in [5.74, 6) is 0.903. The average molecular weight is 1060 g/mol. The number of aromatic nitrogens is 5. The van der Waals surface area contributed by atoms with Crippen LogP contribution in [0.2, 0.25) is 0 Å². The van der Waals surface area contributed by atoms with E-state index in [1.165, 1.54) is 82.3 Å². The highest BCUT2D eigenvalue weighted by molar-refractivity contribution is 9.11. The van der Waals surface area contributed by atoms with Gasteiger partial charge in [0.25, 0.3) is 0 Å². The highest BCUT2D eigenvalue weighted by atomic mass is 79.9. The molecule has 13 aromatic rings. The monoisotopic (exact) mass is 1050 g/mol. The molecule has 0 saturated carbocycles. The van der Waals surface area contributed by atoms with Crippen LogP contribution in [0.25, 0.3) is 93.7 Å². The van der Waals surface area contributed by atoms with E-state index in [2.05, 4.69) is 255 Å². The molecule has 67 heavy (non-hydrogen) atoms. The Balaban J connectivity index is 0.000000122. The van der Waals surface area contributed by atoms with E-state index in [4.69, 9.17) is 4.98 Å². The number of fused-ring (bicyclic) bond motifs is 12. The van der Waals surface area contributed by atoms with Crippen LogP contribution in [0, 0.1) is 0 Å². The number of pyridine rings is 2. The van der Waals surface area contributed by atoms with E-state index in [-0.39, 0.29) is 0 Å². The van der Waals surface area contributed by atoms with Crippen molar-refractivity contribution in [3.63, 3.8) is 0 Å². The van der Waals surface area contributed by atoms with Gasteiger partial charge in [-0.05, 0) is 161 Å². The first-order valence-electron chi connectivity index (χ1n) is 22.1. The van der Waals surface area contributed by atoms with E-state index in [0.717, 1.165) is 42.8 Å². The first-order valence-corrected chi connectivity index (χ1v) is 24.5. The van der Waals surface area contributed by atoms with Crippen molar-refractivity contribution < 1.29 is 0 Å².